The van der Waals surface area contributed by atoms with Crippen LogP contribution in [0.1, 0.15) is 18.1 Å². The van der Waals surface area contributed by atoms with Crippen molar-refractivity contribution in [3.8, 4) is 5.75 Å². The molecule has 31 heavy (non-hydrogen) atoms. The summed E-state index contributed by atoms with van der Waals surface area (Å²) in [5.74, 6) is 5.37. The molecule has 5 N–H and O–H groups in total. The van der Waals surface area contributed by atoms with Crippen molar-refractivity contribution >= 4 is 80.0 Å². The smallest absolute Gasteiger partial charge is 0.188 e. The number of nitrogens with one attached hydrogen (secondary N) is 2. The van der Waals surface area contributed by atoms with E-state index in [0.29, 0.717) is 5.75 Å². The molecule has 3 aromatic carbocycles. The van der Waals surface area contributed by atoms with Crippen LogP contribution in [-0.2, 0) is 0 Å². The van der Waals surface area contributed by atoms with E-state index in [1.54, 1.807) is 0 Å². The molecule has 4 aromatic rings. The number of phenols is 1. The number of halogens is 2. The zero-order valence-corrected chi connectivity index (χ0v) is 19.2. The number of phenolic OH excluding ortho intramolecular Hbond substituents is 1. The summed E-state index contributed by atoms with van der Waals surface area (Å²) < 4.78 is 0.975. The van der Waals surface area contributed by atoms with Crippen molar-refractivity contribution in [2.75, 3.05) is 5.32 Å². The Morgan fingerprint density at radius 2 is 1.87 bits per heavy atom. The largest absolute Gasteiger partial charge is 0.507 e. The van der Waals surface area contributed by atoms with Crippen LogP contribution in [0, 0.1) is 6.92 Å². The van der Waals surface area contributed by atoms with Gasteiger partial charge in [0.15, 0.2) is 5.13 Å². The first-order chi connectivity index (χ1) is 14.1. The van der Waals surface area contributed by atoms with Crippen LogP contribution in [0.4, 0.5) is 10.8 Å². The molecule has 0 aliphatic carbocycles. The lowest BCUT2D eigenvalue weighted by atomic mass is 10.0. The second-order valence-electron chi connectivity index (χ2n) is 6.53. The molecular weight excluding hydrogens is 455 g/mol. The van der Waals surface area contributed by atoms with Gasteiger partial charge in [-0.15, -0.1) is 24.8 Å². The Bertz CT molecular complexity index is 1270. The number of aromatic nitrogens is 1. The lowest BCUT2D eigenvalue weighted by molar-refractivity contribution is 0.478. The van der Waals surface area contributed by atoms with Crippen LogP contribution in [0.5, 0.6) is 5.75 Å². The second kappa shape index (κ2) is 10.3. The van der Waals surface area contributed by atoms with E-state index in [-0.39, 0.29) is 24.8 Å². The summed E-state index contributed by atoms with van der Waals surface area (Å²) in [6.07, 6.45) is 1.31. The van der Waals surface area contributed by atoms with Gasteiger partial charge < -0.3 is 16.3 Å². The third-order valence-corrected chi connectivity index (χ3v) is 5.75. The Balaban J connectivity index is 0.00000171. The second-order valence-corrected chi connectivity index (χ2v) is 7.53. The molecule has 0 saturated heterocycles. The Morgan fingerprint density at radius 3 is 2.61 bits per heavy atom. The molecule has 162 valence electrons. The number of nitrogens with zero attached hydrogens (tertiary/aromatic N) is 3. The van der Waals surface area contributed by atoms with E-state index in [1.807, 2.05) is 62.4 Å². The molecule has 0 fully saturated rings. The summed E-state index contributed by atoms with van der Waals surface area (Å²) in [5, 5.41) is 24.0. The van der Waals surface area contributed by atoms with Crippen molar-refractivity contribution in [3.05, 3.63) is 59.7 Å². The minimum absolute atomic E-state index is 0. The van der Waals surface area contributed by atoms with Gasteiger partial charge in [0.05, 0.1) is 15.9 Å². The van der Waals surface area contributed by atoms with Crippen molar-refractivity contribution in [3.63, 3.8) is 0 Å². The summed E-state index contributed by atoms with van der Waals surface area (Å²) in [6.45, 7) is 3.82. The summed E-state index contributed by atoms with van der Waals surface area (Å²) in [6, 6.07) is 15.7. The molecule has 0 unspecified atom stereocenters. The molecule has 0 atom stereocenters. The number of rotatable bonds is 5. The van der Waals surface area contributed by atoms with E-state index in [1.165, 1.54) is 17.7 Å². The van der Waals surface area contributed by atoms with E-state index in [2.05, 4.69) is 20.9 Å². The molecule has 0 bridgehead atoms. The molecule has 0 radical (unpaired) electrons. The Kier molecular flexibility index (Phi) is 8.04. The van der Waals surface area contributed by atoms with Crippen LogP contribution in [0.25, 0.3) is 21.0 Å². The first-order valence-corrected chi connectivity index (χ1v) is 9.80. The third-order valence-electron chi connectivity index (χ3n) is 4.66. The van der Waals surface area contributed by atoms with Crippen LogP contribution in [0.15, 0.2) is 58.7 Å². The van der Waals surface area contributed by atoms with Crippen molar-refractivity contribution in [2.45, 2.75) is 13.8 Å². The molecular formula is C21H22Cl2N6OS. The summed E-state index contributed by atoms with van der Waals surface area (Å²) in [7, 11) is 0. The average Bonchev–Trinajstić information content (AvgIpc) is 3.16. The Hall–Kier alpha value is -3.07. The van der Waals surface area contributed by atoms with Crippen molar-refractivity contribution in [1.82, 2.24) is 10.4 Å². The molecule has 0 spiro atoms. The molecule has 1 aromatic heterocycles. The zero-order valence-electron chi connectivity index (χ0n) is 16.8. The Morgan fingerprint density at radius 1 is 1.13 bits per heavy atom. The highest BCUT2D eigenvalue weighted by molar-refractivity contribution is 7.22. The maximum absolute atomic E-state index is 10.6. The lowest BCUT2D eigenvalue weighted by Gasteiger charge is -2.05. The molecule has 0 saturated carbocycles. The van der Waals surface area contributed by atoms with Crippen LogP contribution in [0.2, 0.25) is 0 Å². The number of fused-ring (bicyclic) bond motifs is 3. The molecule has 4 rings (SSSR count). The Labute approximate surface area is 195 Å². The van der Waals surface area contributed by atoms with Crippen LogP contribution >= 0.6 is 36.2 Å². The van der Waals surface area contributed by atoms with E-state index < -0.39 is 0 Å². The first-order valence-electron chi connectivity index (χ1n) is 8.98. The van der Waals surface area contributed by atoms with Crippen molar-refractivity contribution in [2.24, 2.45) is 16.0 Å². The normalized spacial score (nSPS) is 11.4. The SMILES string of the molecule is CC(=NNC=NN)c1cccc(Nc2nc3c(s2)c(C)c(O)c2ccccc23)c1.Cl.Cl. The van der Waals surface area contributed by atoms with Crippen LogP contribution in [0.3, 0.4) is 0 Å². The highest BCUT2D eigenvalue weighted by atomic mass is 35.5. The van der Waals surface area contributed by atoms with Gasteiger partial charge in [0.2, 0.25) is 0 Å². The molecule has 0 amide bonds. The summed E-state index contributed by atoms with van der Waals surface area (Å²) in [5.41, 5.74) is 7.04. The first kappa shape index (κ1) is 24.2. The van der Waals surface area contributed by atoms with Gasteiger partial charge in [-0.05, 0) is 31.5 Å². The number of anilines is 2. The van der Waals surface area contributed by atoms with Gasteiger partial charge in [0.1, 0.15) is 12.1 Å². The zero-order chi connectivity index (χ0) is 20.4. The average molecular weight is 477 g/mol. The topological polar surface area (TPSA) is 108 Å². The number of nitrogens with two attached hydrogens (primary N) is 1. The minimum atomic E-state index is 0. The maximum Gasteiger partial charge on any atom is 0.188 e. The fourth-order valence-corrected chi connectivity index (χ4v) is 4.19. The monoisotopic (exact) mass is 476 g/mol. The van der Waals surface area contributed by atoms with E-state index in [9.17, 15) is 5.11 Å². The highest BCUT2D eigenvalue weighted by Crippen LogP contribution is 2.41. The standard InChI is InChI=1S/C21H20N6OS.2ClH/c1-12-19(28)17-9-4-3-8-16(17)18-20(12)29-21(26-18)25-15-7-5-6-14(10-15)13(2)27-24-11-23-22;;/h3-11,28H,22H2,1-2H3,(H,23,24)(H,25,26);2*1H. The number of aryl methyl sites for hydroxylation is 1. The minimum Gasteiger partial charge on any atom is -0.507 e. The number of hydrogen-bond donors (Lipinski definition) is 4. The van der Waals surface area contributed by atoms with E-state index >= 15 is 0 Å². The van der Waals surface area contributed by atoms with Crippen molar-refractivity contribution in [1.29, 1.82) is 0 Å². The predicted molar refractivity (Wildman–Crippen MR) is 136 cm³/mol. The third kappa shape index (κ3) is 4.82. The van der Waals surface area contributed by atoms with Gasteiger partial charge in [-0.3, -0.25) is 5.43 Å². The van der Waals surface area contributed by atoms with E-state index in [4.69, 9.17) is 10.8 Å². The fraction of sp³-hybridized carbons (Fsp3) is 0.0952. The molecule has 0 aliphatic rings. The number of hydrazone groups is 2. The molecule has 10 heteroatoms. The molecule has 0 aliphatic heterocycles. The number of aromatic hydroxyl groups is 1. The van der Waals surface area contributed by atoms with Gasteiger partial charge in [-0.1, -0.05) is 47.7 Å². The quantitative estimate of drug-likeness (QED) is 0.136. The summed E-state index contributed by atoms with van der Waals surface area (Å²) in [4.78, 5) is 4.80. The van der Waals surface area contributed by atoms with Gasteiger partial charge in [-0.2, -0.15) is 10.2 Å². The number of thiazole rings is 1. The summed E-state index contributed by atoms with van der Waals surface area (Å²) >= 11 is 1.52. The van der Waals surface area contributed by atoms with Crippen LogP contribution < -0.4 is 16.6 Å². The highest BCUT2D eigenvalue weighted by Gasteiger charge is 2.15. The van der Waals surface area contributed by atoms with Crippen LogP contribution in [-0.4, -0.2) is 22.1 Å². The maximum atomic E-state index is 10.6. The predicted octanol–water partition coefficient (Wildman–Crippen LogP) is 5.27. The van der Waals surface area contributed by atoms with Gasteiger partial charge in [0, 0.05) is 22.0 Å². The number of hydrogen-bond acceptors (Lipinski definition) is 7. The lowest BCUT2D eigenvalue weighted by Crippen LogP contribution is -2.08. The molecule has 1 heterocycles. The molecule has 7 nitrogen and oxygen atoms in total. The number of benzene rings is 3. The van der Waals surface area contributed by atoms with Gasteiger partial charge >= 0.3 is 0 Å². The van der Waals surface area contributed by atoms with Gasteiger partial charge in [-0.25, -0.2) is 4.98 Å². The fourth-order valence-electron chi connectivity index (χ4n) is 3.19. The van der Waals surface area contributed by atoms with E-state index in [0.717, 1.165) is 48.6 Å². The van der Waals surface area contributed by atoms with Crippen molar-refractivity contribution < 1.29 is 5.11 Å². The van der Waals surface area contributed by atoms with Gasteiger partial charge in [0.25, 0.3) is 0 Å².